The van der Waals surface area contributed by atoms with Gasteiger partial charge in [0.2, 0.25) is 0 Å². The van der Waals surface area contributed by atoms with Crippen molar-refractivity contribution in [1.82, 2.24) is 0 Å². The Hall–Kier alpha value is -3.23. The first kappa shape index (κ1) is 40.9. The van der Waals surface area contributed by atoms with E-state index in [1.165, 1.54) is 18.1 Å². The van der Waals surface area contributed by atoms with Gasteiger partial charge in [0, 0.05) is 58.2 Å². The quantitative estimate of drug-likeness (QED) is 0.193. The van der Waals surface area contributed by atoms with Gasteiger partial charge in [-0.1, -0.05) is 32.0 Å². The predicted octanol–water partition coefficient (Wildman–Crippen LogP) is 6.98. The summed E-state index contributed by atoms with van der Waals surface area (Å²) in [5.41, 5.74) is 4.28. The van der Waals surface area contributed by atoms with E-state index in [9.17, 15) is 14.4 Å². The molecule has 2 aromatic rings. The first-order chi connectivity index (χ1) is 19.7. The Kier molecular flexibility index (Phi) is 22.7. The van der Waals surface area contributed by atoms with Crippen molar-refractivity contribution in [3.05, 3.63) is 58.7 Å². The highest BCUT2D eigenvalue weighted by atomic mass is 16.5. The fourth-order valence-corrected chi connectivity index (χ4v) is 4.04. The van der Waals surface area contributed by atoms with Gasteiger partial charge in [-0.2, -0.15) is 0 Å². The molecule has 2 aromatic carbocycles. The summed E-state index contributed by atoms with van der Waals surface area (Å²) in [6.07, 6.45) is 2.03. The van der Waals surface area contributed by atoms with Gasteiger partial charge in [-0.25, -0.2) is 0 Å². The van der Waals surface area contributed by atoms with E-state index in [4.69, 9.17) is 18.9 Å². The van der Waals surface area contributed by atoms with Gasteiger partial charge in [0.05, 0.1) is 14.2 Å². The Morgan fingerprint density at radius 1 is 0.810 bits per heavy atom. The van der Waals surface area contributed by atoms with Crippen LogP contribution in [0.4, 0.5) is 0 Å². The van der Waals surface area contributed by atoms with Gasteiger partial charge in [-0.15, -0.1) is 0 Å². The van der Waals surface area contributed by atoms with Crippen molar-refractivity contribution >= 4 is 17.5 Å². The molecule has 0 aromatic heterocycles. The summed E-state index contributed by atoms with van der Waals surface area (Å²) in [6.45, 7) is 16.7. The first-order valence-electron chi connectivity index (χ1n) is 14.1. The van der Waals surface area contributed by atoms with E-state index in [1.54, 1.807) is 42.3 Å². The molecule has 2 rings (SSSR count). The number of benzene rings is 2. The molecule has 0 aliphatic carbocycles. The lowest BCUT2D eigenvalue weighted by molar-refractivity contribution is -0.142. The lowest BCUT2D eigenvalue weighted by atomic mass is 9.77. The number of Topliss-reactive ketones (excluding diaryl/α,β-unsaturated/α-hetero) is 2. The normalized spacial score (nSPS) is 10.0. The van der Waals surface area contributed by atoms with Crippen LogP contribution in [-0.2, 0) is 40.6 Å². The zero-order valence-corrected chi connectivity index (χ0v) is 28.0. The lowest BCUT2D eigenvalue weighted by Gasteiger charge is -2.28. The van der Waals surface area contributed by atoms with E-state index in [0.717, 1.165) is 35.7 Å². The van der Waals surface area contributed by atoms with Crippen LogP contribution in [0.3, 0.4) is 0 Å². The molecule has 0 aliphatic rings. The van der Waals surface area contributed by atoms with Gasteiger partial charge in [0.15, 0.2) is 0 Å². The van der Waals surface area contributed by atoms with Crippen LogP contribution >= 0.6 is 0 Å². The Balaban J connectivity index is 0. The molecule has 238 valence electrons. The maximum atomic E-state index is 11.4. The third-order valence-corrected chi connectivity index (χ3v) is 5.80. The van der Waals surface area contributed by atoms with Crippen molar-refractivity contribution in [2.75, 3.05) is 41.7 Å². The van der Waals surface area contributed by atoms with Crippen LogP contribution < -0.4 is 9.47 Å². The number of ketones is 2. The SMILES string of the molecule is CCOC.COCCCC(C)=O.COc1cc(C)cc(C)c1C(C)(C)CC(C)=O.COc1ccc(COC(C)=O)cc1. The van der Waals surface area contributed by atoms with Crippen molar-refractivity contribution in [2.45, 2.75) is 86.7 Å². The number of carbonyl (C=O) groups excluding carboxylic acids is 3. The molecular formula is C34H54O8. The molecule has 0 spiro atoms. The van der Waals surface area contributed by atoms with Crippen LogP contribution in [-0.4, -0.2) is 59.2 Å². The predicted molar refractivity (Wildman–Crippen MR) is 169 cm³/mol. The van der Waals surface area contributed by atoms with Crippen LogP contribution in [0.5, 0.6) is 11.5 Å². The van der Waals surface area contributed by atoms with Crippen molar-refractivity contribution < 1.29 is 38.1 Å². The molecule has 0 saturated carbocycles. The smallest absolute Gasteiger partial charge is 0.302 e. The zero-order valence-electron chi connectivity index (χ0n) is 28.0. The lowest BCUT2D eigenvalue weighted by Crippen LogP contribution is -2.23. The highest BCUT2D eigenvalue weighted by molar-refractivity contribution is 5.77. The van der Waals surface area contributed by atoms with Crippen LogP contribution in [0.1, 0.15) is 83.1 Å². The van der Waals surface area contributed by atoms with E-state index in [0.29, 0.717) is 26.1 Å². The average molecular weight is 591 g/mol. The van der Waals surface area contributed by atoms with Gasteiger partial charge in [0.1, 0.15) is 29.7 Å². The van der Waals surface area contributed by atoms with Crippen molar-refractivity contribution in [2.24, 2.45) is 0 Å². The molecule has 0 amide bonds. The Bertz CT molecular complexity index is 1040. The van der Waals surface area contributed by atoms with E-state index >= 15 is 0 Å². The molecule has 0 radical (unpaired) electrons. The number of hydrogen-bond donors (Lipinski definition) is 0. The summed E-state index contributed by atoms with van der Waals surface area (Å²) >= 11 is 0. The number of esters is 1. The van der Waals surface area contributed by atoms with E-state index < -0.39 is 0 Å². The highest BCUT2D eigenvalue weighted by Gasteiger charge is 2.28. The second-order valence-corrected chi connectivity index (χ2v) is 10.4. The van der Waals surface area contributed by atoms with Gasteiger partial charge < -0.3 is 28.5 Å². The summed E-state index contributed by atoms with van der Waals surface area (Å²) in [4.78, 5) is 32.1. The van der Waals surface area contributed by atoms with Gasteiger partial charge in [-0.3, -0.25) is 9.59 Å². The summed E-state index contributed by atoms with van der Waals surface area (Å²) in [5, 5.41) is 0. The molecule has 0 aliphatic heterocycles. The number of carbonyl (C=O) groups is 3. The fourth-order valence-electron chi connectivity index (χ4n) is 4.04. The maximum Gasteiger partial charge on any atom is 0.302 e. The van der Waals surface area contributed by atoms with Crippen molar-refractivity contribution in [3.63, 3.8) is 0 Å². The Morgan fingerprint density at radius 3 is 1.79 bits per heavy atom. The van der Waals surface area contributed by atoms with Crippen LogP contribution in [0.25, 0.3) is 0 Å². The average Bonchev–Trinajstić information content (AvgIpc) is 2.91. The molecule has 0 N–H and O–H groups in total. The van der Waals surface area contributed by atoms with E-state index in [-0.39, 0.29) is 23.0 Å². The van der Waals surface area contributed by atoms with E-state index in [1.807, 2.05) is 37.3 Å². The standard InChI is InChI=1S/C15H22O2.C10H12O3.C6H12O2.C3H8O/c1-10-7-11(2)14(13(8-10)17-6)15(4,5)9-12(3)16;1-8(11)13-7-9-3-5-10(12-2)6-4-9;1-6(7)4-3-5-8-2;1-3-4-2/h7-8H,9H2,1-6H3;3-6H,7H2,1-2H3;3-5H2,1-2H3;3H2,1-2H3. The van der Waals surface area contributed by atoms with Gasteiger partial charge in [0.25, 0.3) is 0 Å². The molecule has 0 atom stereocenters. The number of methoxy groups -OCH3 is 4. The molecule has 0 saturated heterocycles. The summed E-state index contributed by atoms with van der Waals surface area (Å²) in [6, 6.07) is 11.6. The minimum absolute atomic E-state index is 0.186. The maximum absolute atomic E-state index is 11.4. The van der Waals surface area contributed by atoms with Gasteiger partial charge >= 0.3 is 5.97 Å². The molecule has 0 heterocycles. The second kappa shape index (κ2) is 23.3. The number of ether oxygens (including phenoxy) is 5. The third-order valence-electron chi connectivity index (χ3n) is 5.80. The third kappa shape index (κ3) is 19.8. The van der Waals surface area contributed by atoms with Crippen molar-refractivity contribution in [1.29, 1.82) is 0 Å². The molecule has 8 nitrogen and oxygen atoms in total. The molecule has 0 bridgehead atoms. The van der Waals surface area contributed by atoms with Crippen LogP contribution in [0.15, 0.2) is 36.4 Å². The van der Waals surface area contributed by atoms with Gasteiger partial charge in [-0.05, 0) is 75.9 Å². The minimum atomic E-state index is -0.268. The summed E-state index contributed by atoms with van der Waals surface area (Å²) in [5.74, 6) is 1.86. The molecule has 0 unspecified atom stereocenters. The Labute approximate surface area is 254 Å². The summed E-state index contributed by atoms with van der Waals surface area (Å²) in [7, 11) is 6.61. The summed E-state index contributed by atoms with van der Waals surface area (Å²) < 4.78 is 24.6. The highest BCUT2D eigenvalue weighted by Crippen LogP contribution is 2.37. The molecule has 8 heteroatoms. The largest absolute Gasteiger partial charge is 0.497 e. The monoisotopic (exact) mass is 590 g/mol. The topological polar surface area (TPSA) is 97.4 Å². The Morgan fingerprint density at radius 2 is 1.38 bits per heavy atom. The molecule has 0 fully saturated rings. The minimum Gasteiger partial charge on any atom is -0.497 e. The number of aryl methyl sites for hydroxylation is 2. The number of rotatable bonds is 12. The van der Waals surface area contributed by atoms with E-state index in [2.05, 4.69) is 38.5 Å². The van der Waals surface area contributed by atoms with Crippen LogP contribution in [0, 0.1) is 13.8 Å². The zero-order chi connectivity index (χ0) is 32.7. The molecular weight excluding hydrogens is 536 g/mol. The van der Waals surface area contributed by atoms with Crippen molar-refractivity contribution in [3.8, 4) is 11.5 Å². The van der Waals surface area contributed by atoms with Crippen LogP contribution in [0.2, 0.25) is 0 Å². The number of hydrogen-bond acceptors (Lipinski definition) is 8. The second-order valence-electron chi connectivity index (χ2n) is 10.4. The first-order valence-corrected chi connectivity index (χ1v) is 14.1. The fraction of sp³-hybridized carbons (Fsp3) is 0.559. The molecule has 42 heavy (non-hydrogen) atoms.